The average Bonchev–Trinajstić information content (AvgIpc) is 2.93. The first-order valence-electron chi connectivity index (χ1n) is 7.52. The van der Waals surface area contributed by atoms with Crippen molar-refractivity contribution in [1.29, 1.82) is 0 Å². The Hall–Kier alpha value is -2.37. The van der Waals surface area contributed by atoms with Gasteiger partial charge in [-0.1, -0.05) is 23.4 Å². The number of aromatic nitrogens is 2. The Balaban J connectivity index is 1.50. The van der Waals surface area contributed by atoms with E-state index in [1.54, 1.807) is 6.92 Å². The molecule has 1 amide bonds. The highest BCUT2D eigenvalue weighted by Crippen LogP contribution is 2.31. The van der Waals surface area contributed by atoms with E-state index in [4.69, 9.17) is 9.26 Å². The van der Waals surface area contributed by atoms with Crippen LogP contribution in [0, 0.1) is 6.92 Å². The maximum absolute atomic E-state index is 12.1. The predicted octanol–water partition coefficient (Wildman–Crippen LogP) is 2.34. The van der Waals surface area contributed by atoms with E-state index in [2.05, 4.69) is 15.5 Å². The lowest BCUT2D eigenvalue weighted by atomic mass is 10.0. The molecular weight excluding hydrogens is 282 g/mol. The van der Waals surface area contributed by atoms with Crippen molar-refractivity contribution in [3.63, 3.8) is 0 Å². The lowest BCUT2D eigenvalue weighted by Gasteiger charge is -2.26. The van der Waals surface area contributed by atoms with Crippen LogP contribution in [0.1, 0.15) is 42.6 Å². The summed E-state index contributed by atoms with van der Waals surface area (Å²) < 4.78 is 10.6. The summed E-state index contributed by atoms with van der Waals surface area (Å²) in [5, 5.41) is 6.81. The van der Waals surface area contributed by atoms with Crippen LogP contribution in [0.3, 0.4) is 0 Å². The van der Waals surface area contributed by atoms with Gasteiger partial charge in [0, 0.05) is 24.8 Å². The van der Waals surface area contributed by atoms with Gasteiger partial charge in [-0.2, -0.15) is 4.98 Å². The van der Waals surface area contributed by atoms with Crippen molar-refractivity contribution in [3.05, 3.63) is 41.5 Å². The molecule has 0 aliphatic carbocycles. The Morgan fingerprint density at radius 3 is 3.09 bits per heavy atom. The topological polar surface area (TPSA) is 77.2 Å². The van der Waals surface area contributed by atoms with Crippen LogP contribution >= 0.6 is 0 Å². The summed E-state index contributed by atoms with van der Waals surface area (Å²) in [6.07, 6.45) is 2.56. The summed E-state index contributed by atoms with van der Waals surface area (Å²) in [7, 11) is 0. The van der Waals surface area contributed by atoms with Gasteiger partial charge >= 0.3 is 0 Å². The van der Waals surface area contributed by atoms with Crippen LogP contribution in [-0.2, 0) is 11.2 Å². The molecule has 3 rings (SSSR count). The Bertz CT molecular complexity index is 654. The fourth-order valence-electron chi connectivity index (χ4n) is 2.60. The SMILES string of the molecule is Cc1noc(CCCC(=O)NC2CCOc3ccccc32)n1. The molecule has 116 valence electrons. The molecule has 1 atom stereocenters. The Morgan fingerprint density at radius 2 is 2.27 bits per heavy atom. The minimum absolute atomic E-state index is 0.0306. The third-order valence-corrected chi connectivity index (χ3v) is 3.66. The standard InChI is InChI=1S/C16H19N3O3/c1-11-17-16(22-19-11)8-4-7-15(20)18-13-9-10-21-14-6-3-2-5-12(13)14/h2-3,5-6,13H,4,7-10H2,1H3,(H,18,20). The number of fused-ring (bicyclic) bond motifs is 1. The molecule has 1 N–H and O–H groups in total. The molecule has 1 aromatic heterocycles. The second-order valence-corrected chi connectivity index (χ2v) is 5.38. The van der Waals surface area contributed by atoms with Gasteiger partial charge < -0.3 is 14.6 Å². The first-order valence-corrected chi connectivity index (χ1v) is 7.52. The van der Waals surface area contributed by atoms with Gasteiger partial charge in [-0.25, -0.2) is 0 Å². The van der Waals surface area contributed by atoms with Crippen molar-refractivity contribution in [2.24, 2.45) is 0 Å². The van der Waals surface area contributed by atoms with E-state index >= 15 is 0 Å². The summed E-state index contributed by atoms with van der Waals surface area (Å²) in [6, 6.07) is 7.87. The molecule has 0 spiro atoms. The summed E-state index contributed by atoms with van der Waals surface area (Å²) in [6.45, 7) is 2.41. The molecular formula is C16H19N3O3. The summed E-state index contributed by atoms with van der Waals surface area (Å²) in [5.74, 6) is 2.11. The Kier molecular flexibility index (Phi) is 4.37. The number of nitrogens with one attached hydrogen (secondary N) is 1. The number of aryl methyl sites for hydroxylation is 2. The van der Waals surface area contributed by atoms with E-state index in [-0.39, 0.29) is 11.9 Å². The van der Waals surface area contributed by atoms with Crippen molar-refractivity contribution in [3.8, 4) is 5.75 Å². The maximum Gasteiger partial charge on any atom is 0.226 e. The number of amides is 1. The minimum atomic E-state index is 0.0306. The van der Waals surface area contributed by atoms with Gasteiger partial charge in [-0.05, 0) is 19.4 Å². The van der Waals surface area contributed by atoms with Crippen molar-refractivity contribution in [2.45, 2.75) is 38.6 Å². The van der Waals surface area contributed by atoms with E-state index in [0.717, 1.165) is 17.7 Å². The van der Waals surface area contributed by atoms with Gasteiger partial charge in [0.2, 0.25) is 11.8 Å². The molecule has 1 aromatic carbocycles. The highest BCUT2D eigenvalue weighted by Gasteiger charge is 2.22. The number of benzene rings is 1. The highest BCUT2D eigenvalue weighted by atomic mass is 16.5. The van der Waals surface area contributed by atoms with E-state index in [1.165, 1.54) is 0 Å². The van der Waals surface area contributed by atoms with Crippen LogP contribution in [0.15, 0.2) is 28.8 Å². The largest absolute Gasteiger partial charge is 0.493 e. The van der Waals surface area contributed by atoms with Gasteiger partial charge in [0.1, 0.15) is 5.75 Å². The summed E-state index contributed by atoms with van der Waals surface area (Å²) >= 11 is 0. The van der Waals surface area contributed by atoms with Crippen molar-refractivity contribution < 1.29 is 14.1 Å². The second kappa shape index (κ2) is 6.60. The fourth-order valence-corrected chi connectivity index (χ4v) is 2.60. The number of carbonyl (C=O) groups is 1. The fraction of sp³-hybridized carbons (Fsp3) is 0.438. The van der Waals surface area contributed by atoms with Gasteiger partial charge in [0.15, 0.2) is 5.82 Å². The summed E-state index contributed by atoms with van der Waals surface area (Å²) in [5.41, 5.74) is 1.05. The number of nitrogens with zero attached hydrogens (tertiary/aromatic N) is 2. The van der Waals surface area contributed by atoms with Crippen molar-refractivity contribution in [1.82, 2.24) is 15.5 Å². The molecule has 2 aromatic rings. The van der Waals surface area contributed by atoms with E-state index < -0.39 is 0 Å². The molecule has 1 aliphatic rings. The van der Waals surface area contributed by atoms with Crippen LogP contribution in [0.4, 0.5) is 0 Å². The third kappa shape index (κ3) is 3.44. The Labute approximate surface area is 128 Å². The zero-order chi connectivity index (χ0) is 15.4. The molecule has 0 radical (unpaired) electrons. The maximum atomic E-state index is 12.1. The van der Waals surface area contributed by atoms with Gasteiger partial charge in [-0.15, -0.1) is 0 Å². The van der Waals surface area contributed by atoms with Gasteiger partial charge in [-0.3, -0.25) is 4.79 Å². The normalized spacial score (nSPS) is 16.7. The number of carbonyl (C=O) groups excluding carboxylic acids is 1. The number of ether oxygens (including phenoxy) is 1. The van der Waals surface area contributed by atoms with Crippen LogP contribution in [0.2, 0.25) is 0 Å². The molecule has 6 nitrogen and oxygen atoms in total. The molecule has 0 bridgehead atoms. The zero-order valence-corrected chi connectivity index (χ0v) is 12.5. The quantitative estimate of drug-likeness (QED) is 0.917. The second-order valence-electron chi connectivity index (χ2n) is 5.38. The molecule has 22 heavy (non-hydrogen) atoms. The first kappa shape index (κ1) is 14.6. The number of rotatable bonds is 5. The Morgan fingerprint density at radius 1 is 1.41 bits per heavy atom. The van der Waals surface area contributed by atoms with Crippen LogP contribution in [0.25, 0.3) is 0 Å². The van der Waals surface area contributed by atoms with E-state index in [9.17, 15) is 4.79 Å². The van der Waals surface area contributed by atoms with Gasteiger partial charge in [0.25, 0.3) is 0 Å². The highest BCUT2D eigenvalue weighted by molar-refractivity contribution is 5.76. The lowest BCUT2D eigenvalue weighted by molar-refractivity contribution is -0.122. The van der Waals surface area contributed by atoms with Crippen molar-refractivity contribution in [2.75, 3.05) is 6.61 Å². The summed E-state index contributed by atoms with van der Waals surface area (Å²) in [4.78, 5) is 16.2. The molecule has 1 unspecified atom stereocenters. The molecule has 0 saturated carbocycles. The van der Waals surface area contributed by atoms with Crippen LogP contribution < -0.4 is 10.1 Å². The smallest absolute Gasteiger partial charge is 0.226 e. The molecule has 6 heteroatoms. The number of hydrogen-bond acceptors (Lipinski definition) is 5. The van der Waals surface area contributed by atoms with E-state index in [1.807, 2.05) is 24.3 Å². The molecule has 1 aliphatic heterocycles. The van der Waals surface area contributed by atoms with Gasteiger partial charge in [0.05, 0.1) is 12.6 Å². The van der Waals surface area contributed by atoms with Crippen LogP contribution in [0.5, 0.6) is 5.75 Å². The van der Waals surface area contributed by atoms with Crippen molar-refractivity contribution >= 4 is 5.91 Å². The average molecular weight is 301 g/mol. The first-order chi connectivity index (χ1) is 10.7. The van der Waals surface area contributed by atoms with Crippen LogP contribution in [-0.4, -0.2) is 22.7 Å². The predicted molar refractivity (Wildman–Crippen MR) is 79.4 cm³/mol. The zero-order valence-electron chi connectivity index (χ0n) is 12.5. The van der Waals surface area contributed by atoms with E-state index in [0.29, 0.717) is 37.6 Å². The number of hydrogen-bond donors (Lipinski definition) is 1. The monoisotopic (exact) mass is 301 g/mol. The lowest BCUT2D eigenvalue weighted by Crippen LogP contribution is -2.32. The molecule has 0 fully saturated rings. The molecule has 2 heterocycles. The minimum Gasteiger partial charge on any atom is -0.493 e. The number of para-hydroxylation sites is 1. The third-order valence-electron chi connectivity index (χ3n) is 3.66. The molecule has 0 saturated heterocycles.